The van der Waals surface area contributed by atoms with Gasteiger partial charge in [0.1, 0.15) is 0 Å². The molecule has 0 N–H and O–H groups in total. The van der Waals surface area contributed by atoms with Gasteiger partial charge in [0.2, 0.25) is 0 Å². The fraction of sp³-hybridized carbons (Fsp3) is 0.900. The highest BCUT2D eigenvalue weighted by Gasteiger charge is 2.38. The molecule has 0 atom stereocenters. The van der Waals surface area contributed by atoms with Crippen LogP contribution in [0.2, 0.25) is 0 Å². The highest BCUT2D eigenvalue weighted by atomic mass is 15.2. The number of piperidine rings is 1. The Bertz CT molecular complexity index is 131. The average Bonchev–Trinajstić information content (AvgIpc) is 1.82. The Morgan fingerprint density at radius 2 is 1.36 bits per heavy atom. The zero-order valence-electron chi connectivity index (χ0n) is 8.28. The molecule has 1 heteroatoms. The SMILES string of the molecule is [CH2]N1C(C)(C)CCCC1(C)C. The van der Waals surface area contributed by atoms with Gasteiger partial charge in [-0.15, -0.1) is 0 Å². The van der Waals surface area contributed by atoms with E-state index in [9.17, 15) is 0 Å². The fourth-order valence-corrected chi connectivity index (χ4v) is 2.04. The van der Waals surface area contributed by atoms with E-state index in [1.807, 2.05) is 0 Å². The van der Waals surface area contributed by atoms with E-state index < -0.39 is 0 Å². The molecule has 0 spiro atoms. The molecule has 1 fully saturated rings. The van der Waals surface area contributed by atoms with E-state index in [4.69, 9.17) is 0 Å². The maximum atomic E-state index is 4.14. The van der Waals surface area contributed by atoms with Crippen molar-refractivity contribution in [1.82, 2.24) is 4.90 Å². The summed E-state index contributed by atoms with van der Waals surface area (Å²) in [6, 6.07) is 0. The van der Waals surface area contributed by atoms with E-state index in [1.54, 1.807) is 0 Å². The molecular formula is C10H20N. The lowest BCUT2D eigenvalue weighted by molar-refractivity contribution is 0.0158. The van der Waals surface area contributed by atoms with Crippen LogP contribution in [-0.4, -0.2) is 16.0 Å². The van der Waals surface area contributed by atoms with Crippen LogP contribution in [0.5, 0.6) is 0 Å². The van der Waals surface area contributed by atoms with Gasteiger partial charge >= 0.3 is 0 Å². The first-order valence-electron chi connectivity index (χ1n) is 4.47. The molecule has 11 heavy (non-hydrogen) atoms. The van der Waals surface area contributed by atoms with Crippen LogP contribution in [0, 0.1) is 7.05 Å². The van der Waals surface area contributed by atoms with E-state index in [0.29, 0.717) is 11.1 Å². The molecule has 0 aromatic heterocycles. The number of rotatable bonds is 0. The van der Waals surface area contributed by atoms with Gasteiger partial charge in [-0.2, -0.15) is 0 Å². The van der Waals surface area contributed by atoms with Crippen LogP contribution in [0.15, 0.2) is 0 Å². The normalized spacial score (nSPS) is 30.3. The lowest BCUT2D eigenvalue weighted by Crippen LogP contribution is -2.54. The predicted octanol–water partition coefficient (Wildman–Crippen LogP) is 2.82. The van der Waals surface area contributed by atoms with E-state index in [2.05, 4.69) is 39.6 Å². The zero-order valence-corrected chi connectivity index (χ0v) is 8.28. The van der Waals surface area contributed by atoms with Gasteiger partial charge in [0.05, 0.1) is 0 Å². The molecule has 0 amide bonds. The summed E-state index contributed by atoms with van der Waals surface area (Å²) in [5.41, 5.74) is 0.587. The summed E-state index contributed by atoms with van der Waals surface area (Å²) in [6.07, 6.45) is 3.89. The van der Waals surface area contributed by atoms with Gasteiger partial charge in [0, 0.05) is 18.1 Å². The summed E-state index contributed by atoms with van der Waals surface area (Å²) in [7, 11) is 4.14. The Kier molecular flexibility index (Phi) is 2.04. The predicted molar refractivity (Wildman–Crippen MR) is 49.2 cm³/mol. The third-order valence-corrected chi connectivity index (χ3v) is 3.04. The molecule has 0 unspecified atom stereocenters. The van der Waals surface area contributed by atoms with Gasteiger partial charge in [-0.25, -0.2) is 0 Å². The first kappa shape index (κ1) is 9.05. The van der Waals surface area contributed by atoms with Gasteiger partial charge in [-0.05, 0) is 47.0 Å². The van der Waals surface area contributed by atoms with Gasteiger partial charge < -0.3 is 0 Å². The monoisotopic (exact) mass is 154 g/mol. The number of nitrogens with zero attached hydrogens (tertiary/aromatic N) is 1. The quantitative estimate of drug-likeness (QED) is 0.518. The number of likely N-dealkylation sites (tertiary alicyclic amines) is 1. The molecule has 1 nitrogen and oxygen atoms in total. The standard InChI is InChI=1S/C10H20N/c1-9(2)7-6-8-10(3,4)11(9)5/h5-8H2,1-4H3. The van der Waals surface area contributed by atoms with Crippen molar-refractivity contribution >= 4 is 0 Å². The minimum atomic E-state index is 0.293. The summed E-state index contributed by atoms with van der Waals surface area (Å²) in [5, 5.41) is 0. The first-order valence-corrected chi connectivity index (χ1v) is 4.47. The summed E-state index contributed by atoms with van der Waals surface area (Å²) in [6.45, 7) is 9.11. The number of hydrogen-bond donors (Lipinski definition) is 0. The van der Waals surface area contributed by atoms with Gasteiger partial charge in [-0.1, -0.05) is 0 Å². The summed E-state index contributed by atoms with van der Waals surface area (Å²) < 4.78 is 0. The Labute approximate surface area is 70.8 Å². The molecule has 0 saturated carbocycles. The topological polar surface area (TPSA) is 3.24 Å². The first-order chi connectivity index (χ1) is 4.86. The van der Waals surface area contributed by atoms with Crippen molar-refractivity contribution in [1.29, 1.82) is 0 Å². The molecule has 1 rings (SSSR count). The zero-order chi connectivity index (χ0) is 8.70. The van der Waals surface area contributed by atoms with E-state index in [0.717, 1.165) is 0 Å². The summed E-state index contributed by atoms with van der Waals surface area (Å²) in [5.74, 6) is 0. The number of hydrogen-bond acceptors (Lipinski definition) is 1. The second-order valence-corrected chi connectivity index (χ2v) is 4.91. The molecule has 1 heterocycles. The van der Waals surface area contributed by atoms with Crippen molar-refractivity contribution in [3.05, 3.63) is 7.05 Å². The fourth-order valence-electron chi connectivity index (χ4n) is 2.04. The lowest BCUT2D eigenvalue weighted by atomic mass is 9.80. The Hall–Kier alpha value is -0.0400. The van der Waals surface area contributed by atoms with Crippen LogP contribution in [0.1, 0.15) is 47.0 Å². The van der Waals surface area contributed by atoms with Gasteiger partial charge in [-0.3, -0.25) is 4.90 Å². The minimum Gasteiger partial charge on any atom is -0.292 e. The molecule has 1 aliphatic rings. The maximum Gasteiger partial charge on any atom is 0.0159 e. The smallest absolute Gasteiger partial charge is 0.0159 e. The van der Waals surface area contributed by atoms with Crippen molar-refractivity contribution in [2.75, 3.05) is 0 Å². The van der Waals surface area contributed by atoms with Crippen LogP contribution >= 0.6 is 0 Å². The molecule has 65 valence electrons. The van der Waals surface area contributed by atoms with Crippen molar-refractivity contribution in [2.24, 2.45) is 0 Å². The van der Waals surface area contributed by atoms with Crippen LogP contribution in [-0.2, 0) is 0 Å². The minimum absolute atomic E-state index is 0.293. The lowest BCUT2D eigenvalue weighted by Gasteiger charge is -2.50. The van der Waals surface area contributed by atoms with Crippen LogP contribution in [0.3, 0.4) is 0 Å². The van der Waals surface area contributed by atoms with Gasteiger partial charge in [0.15, 0.2) is 0 Å². The van der Waals surface area contributed by atoms with Crippen LogP contribution in [0.25, 0.3) is 0 Å². The van der Waals surface area contributed by atoms with E-state index in [-0.39, 0.29) is 0 Å². The van der Waals surface area contributed by atoms with Crippen LogP contribution < -0.4 is 0 Å². The molecular weight excluding hydrogens is 134 g/mol. The average molecular weight is 154 g/mol. The second kappa shape index (κ2) is 2.48. The van der Waals surface area contributed by atoms with Gasteiger partial charge in [0.25, 0.3) is 0 Å². The third kappa shape index (κ3) is 1.58. The van der Waals surface area contributed by atoms with Crippen molar-refractivity contribution in [3.63, 3.8) is 0 Å². The molecule has 0 aromatic rings. The summed E-state index contributed by atoms with van der Waals surface area (Å²) in [4.78, 5) is 2.27. The van der Waals surface area contributed by atoms with Crippen molar-refractivity contribution in [3.8, 4) is 0 Å². The Balaban J connectivity index is 2.76. The highest BCUT2D eigenvalue weighted by Crippen LogP contribution is 2.36. The Morgan fingerprint density at radius 3 is 1.64 bits per heavy atom. The third-order valence-electron chi connectivity index (χ3n) is 3.04. The maximum absolute atomic E-state index is 4.14. The molecule has 1 saturated heterocycles. The Morgan fingerprint density at radius 1 is 1.00 bits per heavy atom. The van der Waals surface area contributed by atoms with Crippen molar-refractivity contribution < 1.29 is 0 Å². The van der Waals surface area contributed by atoms with E-state index in [1.165, 1.54) is 19.3 Å². The molecule has 1 aliphatic heterocycles. The molecule has 0 bridgehead atoms. The molecule has 0 aromatic carbocycles. The van der Waals surface area contributed by atoms with Crippen molar-refractivity contribution in [2.45, 2.75) is 58.0 Å². The second-order valence-electron chi connectivity index (χ2n) is 4.91. The van der Waals surface area contributed by atoms with E-state index >= 15 is 0 Å². The molecule has 0 aliphatic carbocycles. The summed E-state index contributed by atoms with van der Waals surface area (Å²) >= 11 is 0. The molecule has 1 radical (unpaired) electrons. The highest BCUT2D eigenvalue weighted by molar-refractivity contribution is 4.96. The van der Waals surface area contributed by atoms with Crippen LogP contribution in [0.4, 0.5) is 0 Å². The largest absolute Gasteiger partial charge is 0.292 e.